The van der Waals surface area contributed by atoms with Gasteiger partial charge in [-0.15, -0.1) is 0 Å². The van der Waals surface area contributed by atoms with E-state index in [1.54, 1.807) is 12.4 Å². The molecule has 4 heteroatoms. The van der Waals surface area contributed by atoms with Crippen LogP contribution in [0.2, 0.25) is 0 Å². The van der Waals surface area contributed by atoms with Gasteiger partial charge in [-0.2, -0.15) is 10.2 Å². The summed E-state index contributed by atoms with van der Waals surface area (Å²) in [4.78, 5) is 0. The van der Waals surface area contributed by atoms with Crippen molar-refractivity contribution < 1.29 is 4.52 Å². The van der Waals surface area contributed by atoms with Gasteiger partial charge in [-0.05, 0) is 0 Å². The molecule has 0 aliphatic heterocycles. The van der Waals surface area contributed by atoms with Crippen molar-refractivity contribution in [3.05, 3.63) is 18.2 Å². The Labute approximate surface area is 69.6 Å². The average Bonchev–Trinajstić information content (AvgIpc) is 2.47. The number of nitrogens with zero attached hydrogens (tertiary/aromatic N) is 3. The second-order valence-corrected chi connectivity index (χ2v) is 2.99. The summed E-state index contributed by atoms with van der Waals surface area (Å²) in [5.41, 5.74) is 0.772. The van der Waals surface area contributed by atoms with E-state index in [1.165, 1.54) is 0 Å². The summed E-state index contributed by atoms with van der Waals surface area (Å²) in [6.07, 6.45) is 3.28. The third kappa shape index (κ3) is 0.958. The van der Waals surface area contributed by atoms with Gasteiger partial charge >= 0.3 is 0 Å². The number of rotatable bonds is 1. The van der Waals surface area contributed by atoms with E-state index in [0.29, 0.717) is 5.92 Å². The van der Waals surface area contributed by atoms with Crippen LogP contribution in [0.3, 0.4) is 0 Å². The molecule has 12 heavy (non-hydrogen) atoms. The predicted octanol–water partition coefficient (Wildman–Crippen LogP) is 1.74. The Hall–Kier alpha value is -1.45. The van der Waals surface area contributed by atoms with E-state index in [9.17, 15) is 0 Å². The van der Waals surface area contributed by atoms with Crippen molar-refractivity contribution >= 4 is 10.9 Å². The first-order valence-electron chi connectivity index (χ1n) is 3.85. The van der Waals surface area contributed by atoms with Gasteiger partial charge in [-0.25, -0.2) is 0 Å². The van der Waals surface area contributed by atoms with E-state index in [0.717, 1.165) is 16.7 Å². The molecule has 0 amide bonds. The number of fused-ring (bicyclic) bond motifs is 1. The molecule has 62 valence electrons. The zero-order chi connectivity index (χ0) is 8.55. The summed E-state index contributed by atoms with van der Waals surface area (Å²) in [7, 11) is 0. The van der Waals surface area contributed by atoms with Gasteiger partial charge in [-0.1, -0.05) is 19.0 Å². The Morgan fingerprint density at radius 3 is 2.75 bits per heavy atom. The fraction of sp³-hybridized carbons (Fsp3) is 0.375. The fourth-order valence-electron chi connectivity index (χ4n) is 1.14. The SMILES string of the molecule is CC(C)c1onc2cnncc12. The lowest BCUT2D eigenvalue weighted by molar-refractivity contribution is 0.378. The molecule has 4 nitrogen and oxygen atoms in total. The smallest absolute Gasteiger partial charge is 0.148 e. The first-order chi connectivity index (χ1) is 5.79. The van der Waals surface area contributed by atoms with Gasteiger partial charge in [0, 0.05) is 5.92 Å². The first-order valence-corrected chi connectivity index (χ1v) is 3.85. The zero-order valence-corrected chi connectivity index (χ0v) is 6.98. The summed E-state index contributed by atoms with van der Waals surface area (Å²) < 4.78 is 5.15. The number of hydrogen-bond donors (Lipinski definition) is 0. The van der Waals surface area contributed by atoms with E-state index >= 15 is 0 Å². The molecule has 0 aromatic carbocycles. The molecule has 0 radical (unpaired) electrons. The van der Waals surface area contributed by atoms with Gasteiger partial charge in [-0.3, -0.25) is 0 Å². The first kappa shape index (κ1) is 7.21. The van der Waals surface area contributed by atoms with Gasteiger partial charge < -0.3 is 4.52 Å². The number of hydrogen-bond acceptors (Lipinski definition) is 4. The van der Waals surface area contributed by atoms with Crippen LogP contribution in [0.15, 0.2) is 16.9 Å². The molecule has 0 saturated heterocycles. The van der Waals surface area contributed by atoms with Crippen LogP contribution in [0.5, 0.6) is 0 Å². The van der Waals surface area contributed by atoms with E-state index in [1.807, 2.05) is 0 Å². The highest BCUT2D eigenvalue weighted by molar-refractivity contribution is 5.78. The molecule has 0 aliphatic rings. The zero-order valence-electron chi connectivity index (χ0n) is 6.98. The van der Waals surface area contributed by atoms with Crippen LogP contribution in [0.25, 0.3) is 10.9 Å². The molecule has 0 N–H and O–H groups in total. The van der Waals surface area contributed by atoms with Gasteiger partial charge in [0.15, 0.2) is 0 Å². The summed E-state index contributed by atoms with van der Waals surface area (Å²) in [6.45, 7) is 4.11. The van der Waals surface area contributed by atoms with Crippen molar-refractivity contribution in [2.24, 2.45) is 0 Å². The summed E-state index contributed by atoms with van der Waals surface area (Å²) in [6, 6.07) is 0. The second kappa shape index (κ2) is 2.55. The Kier molecular flexibility index (Phi) is 1.53. The Bertz CT molecular complexity index is 394. The van der Waals surface area contributed by atoms with Crippen molar-refractivity contribution in [2.75, 3.05) is 0 Å². The van der Waals surface area contributed by atoms with Crippen molar-refractivity contribution in [1.29, 1.82) is 0 Å². The van der Waals surface area contributed by atoms with Crippen LogP contribution in [-0.2, 0) is 0 Å². The quantitative estimate of drug-likeness (QED) is 0.642. The molecule has 2 rings (SSSR count). The van der Waals surface area contributed by atoms with Crippen LogP contribution in [0, 0.1) is 0 Å². The molecule has 0 fully saturated rings. The molecule has 0 atom stereocenters. The van der Waals surface area contributed by atoms with E-state index in [2.05, 4.69) is 29.2 Å². The summed E-state index contributed by atoms with van der Waals surface area (Å²) in [5, 5.41) is 12.3. The molecule has 2 aromatic rings. The average molecular weight is 163 g/mol. The molecule has 0 spiro atoms. The van der Waals surface area contributed by atoms with Gasteiger partial charge in [0.05, 0.1) is 17.8 Å². The molecular formula is C8H9N3O. The Morgan fingerprint density at radius 2 is 2.00 bits per heavy atom. The van der Waals surface area contributed by atoms with E-state index in [4.69, 9.17) is 4.52 Å². The van der Waals surface area contributed by atoms with Crippen molar-refractivity contribution in [1.82, 2.24) is 15.4 Å². The number of aromatic nitrogens is 3. The van der Waals surface area contributed by atoms with Gasteiger partial charge in [0.25, 0.3) is 0 Å². The Balaban J connectivity index is 2.70. The maximum Gasteiger partial charge on any atom is 0.148 e. The maximum atomic E-state index is 5.15. The minimum absolute atomic E-state index is 0.333. The minimum Gasteiger partial charge on any atom is -0.360 e. The topological polar surface area (TPSA) is 51.8 Å². The molecule has 0 unspecified atom stereocenters. The standard InChI is InChI=1S/C8H9N3O/c1-5(2)8-6-3-9-10-4-7(6)11-12-8/h3-5H,1-2H3. The highest BCUT2D eigenvalue weighted by Crippen LogP contribution is 2.22. The monoisotopic (exact) mass is 163 g/mol. The lowest BCUT2D eigenvalue weighted by Gasteiger charge is -1.96. The molecule has 0 saturated carbocycles. The highest BCUT2D eigenvalue weighted by atomic mass is 16.5. The van der Waals surface area contributed by atoms with Crippen LogP contribution in [0.4, 0.5) is 0 Å². The summed E-state index contributed by atoms with van der Waals surface area (Å²) in [5.74, 6) is 1.21. The second-order valence-electron chi connectivity index (χ2n) is 2.99. The van der Waals surface area contributed by atoms with E-state index in [-0.39, 0.29) is 0 Å². The van der Waals surface area contributed by atoms with Crippen molar-refractivity contribution in [3.8, 4) is 0 Å². The third-order valence-corrected chi connectivity index (χ3v) is 1.74. The van der Waals surface area contributed by atoms with Crippen LogP contribution in [0.1, 0.15) is 25.5 Å². The minimum atomic E-state index is 0.333. The molecular weight excluding hydrogens is 154 g/mol. The van der Waals surface area contributed by atoms with Crippen LogP contribution in [-0.4, -0.2) is 15.4 Å². The lowest BCUT2D eigenvalue weighted by atomic mass is 10.1. The molecule has 0 aliphatic carbocycles. The largest absolute Gasteiger partial charge is 0.360 e. The molecule has 2 heterocycles. The predicted molar refractivity (Wildman–Crippen MR) is 43.7 cm³/mol. The van der Waals surface area contributed by atoms with Crippen LogP contribution < -0.4 is 0 Å². The van der Waals surface area contributed by atoms with Gasteiger partial charge in [0.1, 0.15) is 11.3 Å². The molecule has 0 bridgehead atoms. The third-order valence-electron chi connectivity index (χ3n) is 1.74. The Morgan fingerprint density at radius 1 is 1.25 bits per heavy atom. The van der Waals surface area contributed by atoms with Crippen molar-refractivity contribution in [3.63, 3.8) is 0 Å². The van der Waals surface area contributed by atoms with E-state index < -0.39 is 0 Å². The highest BCUT2D eigenvalue weighted by Gasteiger charge is 2.11. The normalized spacial score (nSPS) is 11.2. The van der Waals surface area contributed by atoms with Crippen molar-refractivity contribution in [2.45, 2.75) is 19.8 Å². The maximum absolute atomic E-state index is 5.15. The fourth-order valence-corrected chi connectivity index (χ4v) is 1.14. The molecule has 2 aromatic heterocycles. The lowest BCUT2D eigenvalue weighted by Crippen LogP contribution is -1.85. The van der Waals surface area contributed by atoms with Gasteiger partial charge in [0.2, 0.25) is 0 Å². The summed E-state index contributed by atoms with van der Waals surface area (Å²) >= 11 is 0. The van der Waals surface area contributed by atoms with Crippen LogP contribution >= 0.6 is 0 Å².